The van der Waals surface area contributed by atoms with Gasteiger partial charge in [0.25, 0.3) is 0 Å². The number of carbonyl (C=O) groups is 1. The van der Waals surface area contributed by atoms with Gasteiger partial charge in [0, 0.05) is 18.8 Å². The molecule has 0 spiro atoms. The van der Waals surface area contributed by atoms with Crippen molar-refractivity contribution in [3.63, 3.8) is 0 Å². The molecule has 0 bridgehead atoms. The van der Waals surface area contributed by atoms with Crippen molar-refractivity contribution in [2.75, 3.05) is 18.0 Å². The first kappa shape index (κ1) is 12.9. The van der Waals surface area contributed by atoms with E-state index in [1.54, 1.807) is 12.1 Å². The molecule has 1 fully saturated rings. The van der Waals surface area contributed by atoms with Gasteiger partial charge in [0.15, 0.2) is 0 Å². The summed E-state index contributed by atoms with van der Waals surface area (Å²) in [6.45, 7) is 6.06. The molecule has 0 aliphatic carbocycles. The van der Waals surface area contributed by atoms with Crippen LogP contribution in [0.2, 0.25) is 0 Å². The van der Waals surface area contributed by atoms with Gasteiger partial charge in [-0.25, -0.2) is 9.78 Å². The van der Waals surface area contributed by atoms with Crippen LogP contribution in [-0.4, -0.2) is 29.1 Å². The van der Waals surface area contributed by atoms with Crippen molar-refractivity contribution >= 4 is 11.8 Å². The Morgan fingerprint density at radius 1 is 1.39 bits per heavy atom. The second kappa shape index (κ2) is 5.38. The minimum absolute atomic E-state index is 0.329. The molecule has 18 heavy (non-hydrogen) atoms. The summed E-state index contributed by atoms with van der Waals surface area (Å²) in [7, 11) is 0. The molecule has 0 saturated carbocycles. The first-order chi connectivity index (χ1) is 8.56. The zero-order valence-electron chi connectivity index (χ0n) is 11.0. The molecular weight excluding hydrogens is 228 g/mol. The van der Waals surface area contributed by atoms with Crippen LogP contribution in [0.4, 0.5) is 5.82 Å². The fourth-order valence-electron chi connectivity index (χ4n) is 2.43. The summed E-state index contributed by atoms with van der Waals surface area (Å²) in [6.07, 6.45) is 3.55. The van der Waals surface area contributed by atoms with E-state index in [4.69, 9.17) is 5.11 Å². The van der Waals surface area contributed by atoms with E-state index < -0.39 is 5.97 Å². The highest BCUT2D eigenvalue weighted by molar-refractivity contribution is 5.88. The number of pyridine rings is 1. The number of rotatable bonds is 2. The predicted molar refractivity (Wildman–Crippen MR) is 71.2 cm³/mol. The van der Waals surface area contributed by atoms with Crippen molar-refractivity contribution in [1.29, 1.82) is 0 Å². The van der Waals surface area contributed by atoms with Crippen molar-refractivity contribution in [1.82, 2.24) is 4.98 Å². The molecule has 1 aromatic rings. The van der Waals surface area contributed by atoms with Crippen LogP contribution in [0.15, 0.2) is 12.1 Å². The van der Waals surface area contributed by atoms with Crippen molar-refractivity contribution < 1.29 is 9.90 Å². The van der Waals surface area contributed by atoms with Crippen LogP contribution in [0, 0.1) is 12.8 Å². The van der Waals surface area contributed by atoms with Crippen LogP contribution in [0.3, 0.4) is 0 Å². The van der Waals surface area contributed by atoms with E-state index in [1.165, 1.54) is 6.42 Å². The SMILES string of the molecule is Cc1cc(C(=O)O)cc(N2CCCC(C)CC2)n1. The Morgan fingerprint density at radius 3 is 2.89 bits per heavy atom. The third kappa shape index (κ3) is 3.00. The normalized spacial score (nSPS) is 20.6. The number of aromatic carboxylic acids is 1. The second-order valence-corrected chi connectivity index (χ2v) is 5.18. The van der Waals surface area contributed by atoms with Gasteiger partial charge in [-0.2, -0.15) is 0 Å². The standard InChI is InChI=1S/C14H20N2O2/c1-10-4-3-6-16(7-5-10)13-9-12(14(17)18)8-11(2)15-13/h8-10H,3-7H2,1-2H3,(H,17,18). The summed E-state index contributed by atoms with van der Waals surface area (Å²) < 4.78 is 0. The van der Waals surface area contributed by atoms with Crippen LogP contribution in [0.1, 0.15) is 42.2 Å². The van der Waals surface area contributed by atoms with Gasteiger partial charge in [-0.3, -0.25) is 0 Å². The molecule has 1 atom stereocenters. The minimum atomic E-state index is -0.884. The van der Waals surface area contributed by atoms with E-state index in [0.29, 0.717) is 5.56 Å². The van der Waals surface area contributed by atoms with Crippen LogP contribution in [0.25, 0.3) is 0 Å². The zero-order valence-corrected chi connectivity index (χ0v) is 11.0. The molecule has 0 amide bonds. The van der Waals surface area contributed by atoms with E-state index in [1.807, 2.05) is 6.92 Å². The third-order valence-corrected chi connectivity index (χ3v) is 3.53. The summed E-state index contributed by atoms with van der Waals surface area (Å²) in [5.74, 6) is 0.671. The largest absolute Gasteiger partial charge is 0.478 e. The number of hydrogen-bond donors (Lipinski definition) is 1. The summed E-state index contributed by atoms with van der Waals surface area (Å²) >= 11 is 0. The Labute approximate surface area is 108 Å². The van der Waals surface area contributed by atoms with E-state index in [9.17, 15) is 4.79 Å². The van der Waals surface area contributed by atoms with Gasteiger partial charge >= 0.3 is 5.97 Å². The van der Waals surface area contributed by atoms with Crippen molar-refractivity contribution in [3.05, 3.63) is 23.4 Å². The molecule has 1 unspecified atom stereocenters. The van der Waals surface area contributed by atoms with Gasteiger partial charge in [0.05, 0.1) is 5.56 Å². The van der Waals surface area contributed by atoms with Gasteiger partial charge in [-0.15, -0.1) is 0 Å². The maximum atomic E-state index is 11.1. The summed E-state index contributed by atoms with van der Waals surface area (Å²) in [4.78, 5) is 17.7. The molecule has 4 heteroatoms. The smallest absolute Gasteiger partial charge is 0.335 e. The van der Waals surface area contributed by atoms with Gasteiger partial charge in [0.2, 0.25) is 0 Å². The number of nitrogens with zero attached hydrogens (tertiary/aromatic N) is 2. The number of anilines is 1. The van der Waals surface area contributed by atoms with E-state index in [-0.39, 0.29) is 0 Å². The lowest BCUT2D eigenvalue weighted by molar-refractivity contribution is 0.0696. The number of carboxylic acids is 1. The molecule has 1 aliphatic heterocycles. The number of hydrogen-bond acceptors (Lipinski definition) is 3. The minimum Gasteiger partial charge on any atom is -0.478 e. The first-order valence-electron chi connectivity index (χ1n) is 6.53. The number of aryl methyl sites for hydroxylation is 1. The van der Waals surface area contributed by atoms with Crippen LogP contribution < -0.4 is 4.90 Å². The quantitative estimate of drug-likeness (QED) is 0.874. The number of aromatic nitrogens is 1. The van der Waals surface area contributed by atoms with Crippen LogP contribution in [0.5, 0.6) is 0 Å². The molecule has 2 rings (SSSR count). The molecular formula is C14H20N2O2. The van der Waals surface area contributed by atoms with E-state index in [0.717, 1.165) is 43.4 Å². The van der Waals surface area contributed by atoms with Gasteiger partial charge in [0.1, 0.15) is 5.82 Å². The maximum Gasteiger partial charge on any atom is 0.335 e. The molecule has 1 N–H and O–H groups in total. The molecule has 98 valence electrons. The Bertz CT molecular complexity index is 445. The fraction of sp³-hybridized carbons (Fsp3) is 0.571. The lowest BCUT2D eigenvalue weighted by atomic mass is 10.0. The zero-order chi connectivity index (χ0) is 13.1. The van der Waals surface area contributed by atoms with Crippen molar-refractivity contribution in [2.24, 2.45) is 5.92 Å². The Balaban J connectivity index is 2.24. The molecule has 4 nitrogen and oxygen atoms in total. The summed E-state index contributed by atoms with van der Waals surface area (Å²) in [5.41, 5.74) is 1.09. The second-order valence-electron chi connectivity index (χ2n) is 5.18. The molecule has 1 aliphatic rings. The summed E-state index contributed by atoms with van der Waals surface area (Å²) in [6, 6.07) is 3.30. The highest BCUT2D eigenvalue weighted by atomic mass is 16.4. The predicted octanol–water partition coefficient (Wildman–Crippen LogP) is 2.71. The Kier molecular flexibility index (Phi) is 3.84. The van der Waals surface area contributed by atoms with Gasteiger partial charge < -0.3 is 10.0 Å². The monoisotopic (exact) mass is 248 g/mol. The van der Waals surface area contributed by atoms with Crippen LogP contribution in [-0.2, 0) is 0 Å². The molecule has 0 radical (unpaired) electrons. The molecule has 1 aromatic heterocycles. The molecule has 0 aromatic carbocycles. The topological polar surface area (TPSA) is 53.4 Å². The molecule has 1 saturated heterocycles. The fourth-order valence-corrected chi connectivity index (χ4v) is 2.43. The highest BCUT2D eigenvalue weighted by Gasteiger charge is 2.16. The average Bonchev–Trinajstić information content (AvgIpc) is 2.53. The number of carboxylic acid groups (broad SMARTS) is 1. The van der Waals surface area contributed by atoms with Crippen molar-refractivity contribution in [2.45, 2.75) is 33.1 Å². The van der Waals surface area contributed by atoms with Gasteiger partial charge in [-0.05, 0) is 44.2 Å². The van der Waals surface area contributed by atoms with Crippen molar-refractivity contribution in [3.8, 4) is 0 Å². The van der Waals surface area contributed by atoms with Gasteiger partial charge in [-0.1, -0.05) is 6.92 Å². The Hall–Kier alpha value is -1.58. The molecule has 2 heterocycles. The maximum absolute atomic E-state index is 11.1. The third-order valence-electron chi connectivity index (χ3n) is 3.53. The summed E-state index contributed by atoms with van der Waals surface area (Å²) in [5, 5.41) is 9.08. The average molecular weight is 248 g/mol. The lowest BCUT2D eigenvalue weighted by Gasteiger charge is -2.22. The van der Waals surface area contributed by atoms with Crippen LogP contribution >= 0.6 is 0 Å². The highest BCUT2D eigenvalue weighted by Crippen LogP contribution is 2.22. The van der Waals surface area contributed by atoms with E-state index in [2.05, 4.69) is 16.8 Å². The van der Waals surface area contributed by atoms with E-state index >= 15 is 0 Å². The lowest BCUT2D eigenvalue weighted by Crippen LogP contribution is -2.25. The first-order valence-corrected chi connectivity index (χ1v) is 6.53. The Morgan fingerprint density at radius 2 is 2.17 bits per heavy atom.